The molecule has 0 radical (unpaired) electrons. The van der Waals surface area contributed by atoms with Crippen molar-refractivity contribution in [3.8, 4) is 12.3 Å². The molecular formula is C11H14N4O. The molecule has 0 saturated heterocycles. The van der Waals surface area contributed by atoms with E-state index in [4.69, 9.17) is 6.42 Å². The van der Waals surface area contributed by atoms with Crippen LogP contribution in [0.5, 0.6) is 0 Å². The van der Waals surface area contributed by atoms with E-state index < -0.39 is 0 Å². The van der Waals surface area contributed by atoms with Crippen LogP contribution in [0.2, 0.25) is 0 Å². The number of hydrogen-bond acceptors (Lipinski definition) is 3. The summed E-state index contributed by atoms with van der Waals surface area (Å²) >= 11 is 0. The molecule has 1 aromatic rings. The maximum Gasteiger partial charge on any atom is 0.290 e. The zero-order chi connectivity index (χ0) is 11.4. The molecule has 5 nitrogen and oxygen atoms in total. The van der Waals surface area contributed by atoms with Crippen LogP contribution in [-0.2, 0) is 0 Å². The first-order valence-electron chi connectivity index (χ1n) is 5.45. The summed E-state index contributed by atoms with van der Waals surface area (Å²) in [5.74, 6) is 3.82. The molecule has 2 rings (SSSR count). The lowest BCUT2D eigenvalue weighted by atomic mass is 10.3. The molecule has 84 valence electrons. The lowest BCUT2D eigenvalue weighted by Gasteiger charge is -1.98. The van der Waals surface area contributed by atoms with Gasteiger partial charge in [-0.15, -0.1) is 17.4 Å². The first kappa shape index (κ1) is 10.7. The fourth-order valence-corrected chi connectivity index (χ4v) is 1.39. The Morgan fingerprint density at radius 2 is 2.44 bits per heavy atom. The fourth-order valence-electron chi connectivity index (χ4n) is 1.39. The largest absolute Gasteiger partial charge is 0.349 e. The van der Waals surface area contributed by atoms with Gasteiger partial charge in [0, 0.05) is 18.9 Å². The minimum absolute atomic E-state index is 0.225. The van der Waals surface area contributed by atoms with E-state index in [2.05, 4.69) is 26.4 Å². The number of nitrogens with zero attached hydrogens (tertiary/aromatic N) is 2. The summed E-state index contributed by atoms with van der Waals surface area (Å²) in [5.41, 5.74) is 0. The highest BCUT2D eigenvalue weighted by Crippen LogP contribution is 2.37. The van der Waals surface area contributed by atoms with Gasteiger partial charge in [0.1, 0.15) is 5.82 Å². The van der Waals surface area contributed by atoms with Crippen LogP contribution in [-0.4, -0.2) is 27.6 Å². The summed E-state index contributed by atoms with van der Waals surface area (Å²) in [7, 11) is 0. The quantitative estimate of drug-likeness (QED) is 0.568. The standard InChI is InChI=1S/C11H14N4O/c1-2-3-4-7-12-11(16)10-13-9(14-15-10)8-5-6-8/h1,8H,3-7H2,(H,12,16)(H,13,14,15). The number of hydrogen-bond donors (Lipinski definition) is 2. The molecule has 1 aliphatic carbocycles. The third-order valence-electron chi connectivity index (χ3n) is 2.45. The molecule has 0 aromatic carbocycles. The molecular weight excluding hydrogens is 204 g/mol. The van der Waals surface area contributed by atoms with E-state index in [9.17, 15) is 4.79 Å². The third kappa shape index (κ3) is 2.60. The minimum Gasteiger partial charge on any atom is -0.349 e. The molecule has 0 aliphatic heterocycles. The van der Waals surface area contributed by atoms with E-state index >= 15 is 0 Å². The number of carbonyl (C=O) groups is 1. The molecule has 0 bridgehead atoms. The molecule has 1 fully saturated rings. The summed E-state index contributed by atoms with van der Waals surface area (Å²) in [6.45, 7) is 0.566. The van der Waals surface area contributed by atoms with E-state index in [1.165, 1.54) is 0 Å². The molecule has 1 aliphatic rings. The molecule has 1 saturated carbocycles. The molecule has 0 atom stereocenters. The lowest BCUT2D eigenvalue weighted by molar-refractivity contribution is 0.0943. The first-order valence-corrected chi connectivity index (χ1v) is 5.45. The molecule has 1 heterocycles. The van der Waals surface area contributed by atoms with Gasteiger partial charge in [-0.2, -0.15) is 0 Å². The first-order chi connectivity index (χ1) is 7.81. The van der Waals surface area contributed by atoms with Crippen molar-refractivity contribution in [1.29, 1.82) is 0 Å². The number of carbonyl (C=O) groups excluding carboxylic acids is 1. The van der Waals surface area contributed by atoms with Gasteiger partial charge in [-0.05, 0) is 19.3 Å². The topological polar surface area (TPSA) is 70.7 Å². The Morgan fingerprint density at radius 3 is 3.12 bits per heavy atom. The smallest absolute Gasteiger partial charge is 0.290 e. The summed E-state index contributed by atoms with van der Waals surface area (Å²) in [6.07, 6.45) is 8.83. The van der Waals surface area contributed by atoms with Crippen LogP contribution < -0.4 is 5.32 Å². The Balaban J connectivity index is 1.81. The average Bonchev–Trinajstić information content (AvgIpc) is 3.02. The van der Waals surface area contributed by atoms with Crippen LogP contribution in [0.4, 0.5) is 0 Å². The van der Waals surface area contributed by atoms with Gasteiger partial charge in [0.05, 0.1) is 0 Å². The summed E-state index contributed by atoms with van der Waals surface area (Å²) < 4.78 is 0. The monoisotopic (exact) mass is 218 g/mol. The number of unbranched alkanes of at least 4 members (excludes halogenated alkanes) is 1. The van der Waals surface area contributed by atoms with Crippen molar-refractivity contribution in [1.82, 2.24) is 20.5 Å². The van der Waals surface area contributed by atoms with Crippen LogP contribution in [0, 0.1) is 12.3 Å². The normalized spacial score (nSPS) is 14.4. The van der Waals surface area contributed by atoms with Gasteiger partial charge in [0.25, 0.3) is 5.91 Å². The van der Waals surface area contributed by atoms with E-state index in [-0.39, 0.29) is 11.7 Å². The third-order valence-corrected chi connectivity index (χ3v) is 2.45. The number of H-pyrrole nitrogens is 1. The maximum absolute atomic E-state index is 11.6. The second-order valence-electron chi connectivity index (χ2n) is 3.88. The van der Waals surface area contributed by atoms with Crippen molar-refractivity contribution in [2.24, 2.45) is 0 Å². The Bertz CT molecular complexity index is 414. The zero-order valence-corrected chi connectivity index (χ0v) is 8.99. The van der Waals surface area contributed by atoms with Crippen LogP contribution in [0.25, 0.3) is 0 Å². The van der Waals surface area contributed by atoms with E-state index in [0.717, 1.165) is 25.1 Å². The number of amides is 1. The van der Waals surface area contributed by atoms with Crippen molar-refractivity contribution in [2.45, 2.75) is 31.6 Å². The molecule has 2 N–H and O–H groups in total. The number of nitrogens with one attached hydrogen (secondary N) is 2. The highest BCUT2D eigenvalue weighted by molar-refractivity contribution is 5.90. The van der Waals surface area contributed by atoms with Crippen molar-refractivity contribution >= 4 is 5.91 Å². The van der Waals surface area contributed by atoms with Crippen LogP contribution in [0.15, 0.2) is 0 Å². The van der Waals surface area contributed by atoms with E-state index in [1.807, 2.05) is 0 Å². The van der Waals surface area contributed by atoms with Crippen molar-refractivity contribution < 1.29 is 4.79 Å². The number of rotatable bonds is 5. The Morgan fingerprint density at radius 1 is 1.62 bits per heavy atom. The highest BCUT2D eigenvalue weighted by Gasteiger charge is 2.27. The Labute approximate surface area is 94.0 Å². The number of terminal acetylenes is 1. The fraction of sp³-hybridized carbons (Fsp3) is 0.545. The predicted octanol–water partition coefficient (Wildman–Crippen LogP) is 0.825. The van der Waals surface area contributed by atoms with Crippen LogP contribution in [0.3, 0.4) is 0 Å². The van der Waals surface area contributed by atoms with Gasteiger partial charge in [-0.3, -0.25) is 9.89 Å². The van der Waals surface area contributed by atoms with Crippen molar-refractivity contribution in [2.75, 3.05) is 6.54 Å². The Kier molecular flexibility index (Phi) is 3.20. The second-order valence-corrected chi connectivity index (χ2v) is 3.88. The summed E-state index contributed by atoms with van der Waals surface area (Å²) in [4.78, 5) is 15.7. The minimum atomic E-state index is -0.236. The lowest BCUT2D eigenvalue weighted by Crippen LogP contribution is -2.25. The van der Waals surface area contributed by atoms with Crippen LogP contribution in [0.1, 0.15) is 48.0 Å². The van der Waals surface area contributed by atoms with Gasteiger partial charge in [-0.25, -0.2) is 4.98 Å². The molecule has 1 aromatic heterocycles. The molecule has 5 heteroatoms. The second kappa shape index (κ2) is 4.79. The Hall–Kier alpha value is -1.83. The summed E-state index contributed by atoms with van der Waals surface area (Å²) in [6, 6.07) is 0. The molecule has 0 unspecified atom stereocenters. The van der Waals surface area contributed by atoms with Gasteiger partial charge in [0.2, 0.25) is 5.82 Å². The van der Waals surface area contributed by atoms with Gasteiger partial charge in [-0.1, -0.05) is 0 Å². The van der Waals surface area contributed by atoms with Crippen LogP contribution >= 0.6 is 0 Å². The van der Waals surface area contributed by atoms with Gasteiger partial charge < -0.3 is 5.32 Å². The molecule has 1 amide bonds. The highest BCUT2D eigenvalue weighted by atomic mass is 16.2. The summed E-state index contributed by atoms with van der Waals surface area (Å²) in [5, 5.41) is 9.41. The predicted molar refractivity (Wildman–Crippen MR) is 58.8 cm³/mol. The number of aromatic nitrogens is 3. The number of aromatic amines is 1. The molecule has 16 heavy (non-hydrogen) atoms. The van der Waals surface area contributed by atoms with E-state index in [1.54, 1.807) is 0 Å². The zero-order valence-electron chi connectivity index (χ0n) is 8.99. The van der Waals surface area contributed by atoms with Crippen molar-refractivity contribution in [3.63, 3.8) is 0 Å². The van der Waals surface area contributed by atoms with Crippen molar-refractivity contribution in [3.05, 3.63) is 11.6 Å². The molecule has 0 spiro atoms. The van der Waals surface area contributed by atoms with E-state index in [0.29, 0.717) is 18.9 Å². The maximum atomic E-state index is 11.6. The average molecular weight is 218 g/mol. The SMILES string of the molecule is C#CCCCNC(=O)c1n[nH]c(C2CC2)n1. The van der Waals surface area contributed by atoms with Gasteiger partial charge in [0.15, 0.2) is 0 Å². The van der Waals surface area contributed by atoms with Gasteiger partial charge >= 0.3 is 0 Å².